The van der Waals surface area contributed by atoms with E-state index in [-0.39, 0.29) is 11.0 Å². The Bertz CT molecular complexity index is 1580. The van der Waals surface area contributed by atoms with E-state index in [1.165, 1.54) is 23.2 Å². The average Bonchev–Trinajstić information content (AvgIpc) is 2.79. The Kier molecular flexibility index (Phi) is 4.87. The molecule has 4 aromatic heterocycles. The molecule has 4 heterocycles. The third kappa shape index (κ3) is 3.28. The maximum Gasteiger partial charge on any atom is 0.268 e. The summed E-state index contributed by atoms with van der Waals surface area (Å²) in [7, 11) is 0. The van der Waals surface area contributed by atoms with E-state index in [0.717, 1.165) is 0 Å². The number of benzene rings is 1. The Morgan fingerprint density at radius 3 is 2.72 bits per heavy atom. The molecular weight excluding hydrogens is 430 g/mol. The lowest BCUT2D eigenvalue weighted by atomic mass is 10.2. The number of pyridine rings is 2. The quantitative estimate of drug-likeness (QED) is 0.436. The fourth-order valence-corrected chi connectivity index (χ4v) is 3.84. The number of aromatic amines is 1. The van der Waals surface area contributed by atoms with Crippen LogP contribution in [-0.4, -0.2) is 29.5 Å². The normalized spacial score (nSPS) is 12.2. The number of hydrogen-bond donors (Lipinski definition) is 2. The summed E-state index contributed by atoms with van der Waals surface area (Å²) < 4.78 is 1.42. The van der Waals surface area contributed by atoms with E-state index >= 15 is 0 Å². The Hall–Kier alpha value is -4.11. The van der Waals surface area contributed by atoms with E-state index in [4.69, 9.17) is 16.6 Å². The smallest absolute Gasteiger partial charge is 0.268 e. The standard InChI is InChI=1S/C22H16ClN7O2/c1-12(28-20-18-15(31)8-10-25-19(18)26-11-27-20)21-29-14-6-4-5-13(23)17(14)22(32)30(21)16-7-2-3-9-24-16/h2-12H,1H3,(H2,25,26,27,28,31). The van der Waals surface area contributed by atoms with Gasteiger partial charge in [0.25, 0.3) is 5.56 Å². The summed E-state index contributed by atoms with van der Waals surface area (Å²) in [6.45, 7) is 1.82. The molecule has 0 fully saturated rings. The van der Waals surface area contributed by atoms with Gasteiger partial charge in [-0.25, -0.2) is 24.5 Å². The molecule has 0 bridgehead atoms. The second kappa shape index (κ2) is 7.86. The molecule has 10 heteroatoms. The Labute approximate surface area is 185 Å². The van der Waals surface area contributed by atoms with Gasteiger partial charge >= 0.3 is 0 Å². The zero-order chi connectivity index (χ0) is 22.2. The van der Waals surface area contributed by atoms with Crippen LogP contribution in [0.15, 0.2) is 70.8 Å². The van der Waals surface area contributed by atoms with E-state index in [1.54, 1.807) is 42.6 Å². The van der Waals surface area contributed by atoms with Crippen LogP contribution in [0, 0.1) is 0 Å². The van der Waals surface area contributed by atoms with Crippen molar-refractivity contribution in [1.82, 2.24) is 29.5 Å². The topological polar surface area (TPSA) is 118 Å². The lowest BCUT2D eigenvalue weighted by Crippen LogP contribution is -2.28. The molecule has 5 rings (SSSR count). The lowest BCUT2D eigenvalue weighted by molar-refractivity contribution is 0.722. The van der Waals surface area contributed by atoms with Crippen LogP contribution in [0.4, 0.5) is 5.82 Å². The molecule has 0 saturated carbocycles. The van der Waals surface area contributed by atoms with Crippen molar-refractivity contribution in [3.8, 4) is 5.82 Å². The van der Waals surface area contributed by atoms with Crippen LogP contribution in [0.2, 0.25) is 5.02 Å². The van der Waals surface area contributed by atoms with Crippen molar-refractivity contribution < 1.29 is 0 Å². The van der Waals surface area contributed by atoms with Crippen LogP contribution in [0.5, 0.6) is 0 Å². The van der Waals surface area contributed by atoms with Crippen molar-refractivity contribution in [2.24, 2.45) is 0 Å². The van der Waals surface area contributed by atoms with Gasteiger partial charge in [-0.15, -0.1) is 0 Å². The van der Waals surface area contributed by atoms with Crippen molar-refractivity contribution in [2.45, 2.75) is 13.0 Å². The van der Waals surface area contributed by atoms with Crippen molar-refractivity contribution in [1.29, 1.82) is 0 Å². The maximum atomic E-state index is 13.5. The minimum Gasteiger partial charge on any atom is -0.360 e. The Morgan fingerprint density at radius 1 is 1.03 bits per heavy atom. The molecule has 0 radical (unpaired) electrons. The molecule has 0 saturated heterocycles. The molecule has 9 nitrogen and oxygen atoms in total. The van der Waals surface area contributed by atoms with E-state index in [1.807, 2.05) is 6.92 Å². The first-order chi connectivity index (χ1) is 15.5. The van der Waals surface area contributed by atoms with Crippen LogP contribution in [0.25, 0.3) is 27.8 Å². The molecule has 0 aliphatic rings. The van der Waals surface area contributed by atoms with Gasteiger partial charge in [0.1, 0.15) is 34.8 Å². The van der Waals surface area contributed by atoms with Gasteiger partial charge in [0.05, 0.1) is 22.0 Å². The predicted octanol–water partition coefficient (Wildman–Crippen LogP) is 3.24. The molecule has 0 spiro atoms. The third-order valence-corrected chi connectivity index (χ3v) is 5.35. The van der Waals surface area contributed by atoms with Gasteiger partial charge < -0.3 is 10.3 Å². The molecule has 0 aliphatic carbocycles. The largest absolute Gasteiger partial charge is 0.360 e. The minimum absolute atomic E-state index is 0.227. The number of rotatable bonds is 4. The van der Waals surface area contributed by atoms with Crippen molar-refractivity contribution in [3.63, 3.8) is 0 Å². The predicted molar refractivity (Wildman–Crippen MR) is 122 cm³/mol. The third-order valence-electron chi connectivity index (χ3n) is 5.04. The number of H-pyrrole nitrogens is 1. The van der Waals surface area contributed by atoms with Crippen LogP contribution >= 0.6 is 11.6 Å². The highest BCUT2D eigenvalue weighted by Gasteiger charge is 2.21. The van der Waals surface area contributed by atoms with Gasteiger partial charge in [-0.3, -0.25) is 9.59 Å². The van der Waals surface area contributed by atoms with E-state index in [0.29, 0.717) is 44.4 Å². The van der Waals surface area contributed by atoms with Gasteiger partial charge in [0.15, 0.2) is 5.43 Å². The van der Waals surface area contributed by atoms with Crippen LogP contribution in [-0.2, 0) is 0 Å². The summed E-state index contributed by atoms with van der Waals surface area (Å²) in [6.07, 6.45) is 4.48. The van der Waals surface area contributed by atoms with Crippen LogP contribution < -0.4 is 16.3 Å². The molecule has 2 N–H and O–H groups in total. The summed E-state index contributed by atoms with van der Waals surface area (Å²) in [4.78, 5) is 46.3. The maximum absolute atomic E-state index is 13.5. The van der Waals surface area contributed by atoms with Crippen LogP contribution in [0.3, 0.4) is 0 Å². The fraction of sp³-hybridized carbons (Fsp3) is 0.0909. The van der Waals surface area contributed by atoms with Crippen molar-refractivity contribution >= 4 is 39.4 Å². The second-order valence-electron chi connectivity index (χ2n) is 7.09. The summed E-state index contributed by atoms with van der Waals surface area (Å²) in [5.41, 5.74) is 0.300. The van der Waals surface area contributed by atoms with Gasteiger partial charge in [0.2, 0.25) is 0 Å². The number of nitrogens with one attached hydrogen (secondary N) is 2. The van der Waals surface area contributed by atoms with Crippen LogP contribution in [0.1, 0.15) is 18.8 Å². The van der Waals surface area contributed by atoms with Crippen molar-refractivity contribution in [3.05, 3.63) is 92.6 Å². The number of nitrogens with zero attached hydrogens (tertiary/aromatic N) is 5. The highest BCUT2D eigenvalue weighted by Crippen LogP contribution is 2.25. The Balaban J connectivity index is 1.72. The van der Waals surface area contributed by atoms with Gasteiger partial charge in [-0.1, -0.05) is 23.7 Å². The summed E-state index contributed by atoms with van der Waals surface area (Å²) in [5.74, 6) is 1.13. The molecule has 0 amide bonds. The fourth-order valence-electron chi connectivity index (χ4n) is 3.59. The highest BCUT2D eigenvalue weighted by atomic mass is 35.5. The molecule has 1 aromatic carbocycles. The lowest BCUT2D eigenvalue weighted by Gasteiger charge is -2.20. The molecular formula is C22H16ClN7O2. The van der Waals surface area contributed by atoms with E-state index in [9.17, 15) is 9.59 Å². The zero-order valence-electron chi connectivity index (χ0n) is 16.8. The number of anilines is 1. The SMILES string of the molecule is CC(Nc1ncnc2[nH]ccc(=O)c12)c1nc2cccc(Cl)c2c(=O)n1-c1ccccn1. The van der Waals surface area contributed by atoms with Gasteiger partial charge in [0, 0.05) is 18.5 Å². The minimum atomic E-state index is -0.522. The van der Waals surface area contributed by atoms with E-state index in [2.05, 4.69) is 25.3 Å². The van der Waals surface area contributed by atoms with Crippen molar-refractivity contribution in [2.75, 3.05) is 5.32 Å². The van der Waals surface area contributed by atoms with Gasteiger partial charge in [-0.05, 0) is 31.2 Å². The number of halogens is 1. The summed E-state index contributed by atoms with van der Waals surface area (Å²) >= 11 is 6.32. The zero-order valence-corrected chi connectivity index (χ0v) is 17.5. The first-order valence-electron chi connectivity index (χ1n) is 9.76. The molecule has 158 valence electrons. The molecule has 0 aliphatic heterocycles. The van der Waals surface area contributed by atoms with Gasteiger partial charge in [-0.2, -0.15) is 0 Å². The molecule has 32 heavy (non-hydrogen) atoms. The first kappa shape index (κ1) is 19.8. The summed E-state index contributed by atoms with van der Waals surface area (Å²) in [5, 5.41) is 4.14. The first-order valence-corrected chi connectivity index (χ1v) is 10.1. The molecule has 1 unspecified atom stereocenters. The number of aromatic nitrogens is 6. The average molecular weight is 446 g/mol. The summed E-state index contributed by atoms with van der Waals surface area (Å²) in [6, 6.07) is 11.3. The highest BCUT2D eigenvalue weighted by molar-refractivity contribution is 6.35. The van der Waals surface area contributed by atoms with E-state index < -0.39 is 6.04 Å². The Morgan fingerprint density at radius 2 is 1.91 bits per heavy atom. The molecule has 1 atom stereocenters. The number of hydrogen-bond acceptors (Lipinski definition) is 7. The second-order valence-corrected chi connectivity index (χ2v) is 7.49. The molecule has 5 aromatic rings. The monoisotopic (exact) mass is 445 g/mol. The number of fused-ring (bicyclic) bond motifs is 2.